The van der Waals surface area contributed by atoms with E-state index in [9.17, 15) is 9.59 Å². The molecule has 2 amide bonds. The maximum atomic E-state index is 12.5. The van der Waals surface area contributed by atoms with E-state index < -0.39 is 11.9 Å². The Morgan fingerprint density at radius 3 is 2.62 bits per heavy atom. The number of nitrogens with one attached hydrogen (secondary N) is 2. The van der Waals surface area contributed by atoms with Crippen LogP contribution >= 0.6 is 0 Å². The molecule has 8 nitrogen and oxygen atoms in total. The average Bonchev–Trinajstić information content (AvgIpc) is 3.19. The summed E-state index contributed by atoms with van der Waals surface area (Å²) >= 11 is 0. The molecule has 0 fully saturated rings. The molecule has 0 radical (unpaired) electrons. The Morgan fingerprint density at radius 1 is 1.19 bits per heavy atom. The monoisotopic (exact) mass is 357 g/mol. The van der Waals surface area contributed by atoms with E-state index in [2.05, 4.69) is 10.6 Å². The molecule has 138 valence electrons. The molecule has 0 aliphatic carbocycles. The van der Waals surface area contributed by atoms with Gasteiger partial charge in [-0.3, -0.25) is 9.59 Å². The Morgan fingerprint density at radius 2 is 1.96 bits per heavy atom. The van der Waals surface area contributed by atoms with E-state index in [4.69, 9.17) is 16.0 Å². The third-order valence-electron chi connectivity index (χ3n) is 3.63. The van der Waals surface area contributed by atoms with Gasteiger partial charge in [0.25, 0.3) is 5.91 Å². The molecular weight excluding hydrogens is 334 g/mol. The maximum absolute atomic E-state index is 12.5. The maximum Gasteiger partial charge on any atom is 0.287 e. The number of nitrogens with zero attached hydrogens (tertiary/aromatic N) is 1. The molecule has 6 N–H and O–H groups in total. The smallest absolute Gasteiger partial charge is 0.287 e. The SMILES string of the molecule is N/C=C\N(N)CC[C@@H](NC(=O)c1ccco1)C(=O)NCc1ccccc1. The lowest BCUT2D eigenvalue weighted by Gasteiger charge is -2.21. The quantitative estimate of drug-likeness (QED) is 0.386. The fourth-order valence-electron chi connectivity index (χ4n) is 2.28. The first-order chi connectivity index (χ1) is 12.6. The highest BCUT2D eigenvalue weighted by molar-refractivity contribution is 5.95. The molecule has 2 aromatic rings. The highest BCUT2D eigenvalue weighted by Gasteiger charge is 2.22. The van der Waals surface area contributed by atoms with E-state index in [-0.39, 0.29) is 11.7 Å². The van der Waals surface area contributed by atoms with Gasteiger partial charge in [0, 0.05) is 25.5 Å². The van der Waals surface area contributed by atoms with E-state index in [0.29, 0.717) is 19.5 Å². The normalized spacial score (nSPS) is 11.9. The lowest BCUT2D eigenvalue weighted by molar-refractivity contribution is -0.123. The summed E-state index contributed by atoms with van der Waals surface area (Å²) in [5.74, 6) is 5.09. The topological polar surface area (TPSA) is 127 Å². The summed E-state index contributed by atoms with van der Waals surface area (Å²) in [6, 6.07) is 11.9. The van der Waals surface area contributed by atoms with Crippen molar-refractivity contribution >= 4 is 11.8 Å². The summed E-state index contributed by atoms with van der Waals surface area (Å²) in [6.45, 7) is 0.692. The summed E-state index contributed by atoms with van der Waals surface area (Å²) in [4.78, 5) is 24.7. The number of hydrazine groups is 1. The summed E-state index contributed by atoms with van der Waals surface area (Å²) in [5.41, 5.74) is 6.25. The average molecular weight is 357 g/mol. The van der Waals surface area contributed by atoms with E-state index >= 15 is 0 Å². The highest BCUT2D eigenvalue weighted by atomic mass is 16.3. The van der Waals surface area contributed by atoms with Gasteiger partial charge in [-0.05, 0) is 24.1 Å². The third-order valence-corrected chi connectivity index (χ3v) is 3.63. The first-order valence-electron chi connectivity index (χ1n) is 8.16. The number of amides is 2. The third kappa shape index (κ3) is 5.99. The van der Waals surface area contributed by atoms with Crippen LogP contribution < -0.4 is 22.2 Å². The van der Waals surface area contributed by atoms with E-state index in [1.807, 2.05) is 30.3 Å². The number of furan rings is 1. The van der Waals surface area contributed by atoms with Crippen molar-refractivity contribution in [2.75, 3.05) is 6.54 Å². The molecule has 0 spiro atoms. The zero-order valence-electron chi connectivity index (χ0n) is 14.3. The van der Waals surface area contributed by atoms with Gasteiger partial charge in [-0.2, -0.15) is 0 Å². The molecule has 26 heavy (non-hydrogen) atoms. The number of rotatable bonds is 9. The van der Waals surface area contributed by atoms with Crippen LogP contribution in [0, 0.1) is 0 Å². The lowest BCUT2D eigenvalue weighted by atomic mass is 10.1. The molecule has 0 saturated heterocycles. The zero-order chi connectivity index (χ0) is 18.8. The predicted molar refractivity (Wildman–Crippen MR) is 97.1 cm³/mol. The molecule has 1 atom stereocenters. The Kier molecular flexibility index (Phi) is 7.26. The minimum atomic E-state index is -0.770. The Labute approximate surface area is 151 Å². The zero-order valence-corrected chi connectivity index (χ0v) is 14.3. The second kappa shape index (κ2) is 9.90. The van der Waals surface area contributed by atoms with Crippen LogP contribution in [-0.4, -0.2) is 29.4 Å². The van der Waals surface area contributed by atoms with Crippen molar-refractivity contribution in [2.45, 2.75) is 19.0 Å². The second-order valence-electron chi connectivity index (χ2n) is 5.57. The number of carbonyl (C=O) groups is 2. The molecule has 1 aromatic heterocycles. The molecular formula is C18H23N5O3. The standard InChI is InChI=1S/C18H23N5O3/c19-9-11-23(20)10-8-15(22-18(25)16-7-4-12-26-16)17(24)21-13-14-5-2-1-3-6-14/h1-7,9,11-12,15H,8,10,13,19-20H2,(H,21,24)(H,22,25)/b11-9-/t15-/m1/s1. The molecule has 0 aliphatic heterocycles. The molecule has 0 aliphatic rings. The van der Waals surface area contributed by atoms with Gasteiger partial charge in [0.05, 0.1) is 6.26 Å². The Bertz CT molecular complexity index is 716. The number of hydrogen-bond acceptors (Lipinski definition) is 6. The Balaban J connectivity index is 1.98. The van der Waals surface area contributed by atoms with Gasteiger partial charge < -0.3 is 25.8 Å². The molecule has 8 heteroatoms. The van der Waals surface area contributed by atoms with Crippen LogP contribution in [0.2, 0.25) is 0 Å². The lowest BCUT2D eigenvalue weighted by Crippen LogP contribution is -2.48. The van der Waals surface area contributed by atoms with Crippen LogP contribution in [0.25, 0.3) is 0 Å². The van der Waals surface area contributed by atoms with Crippen molar-refractivity contribution in [3.8, 4) is 0 Å². The summed E-state index contributed by atoms with van der Waals surface area (Å²) in [7, 11) is 0. The van der Waals surface area contributed by atoms with Gasteiger partial charge in [0.1, 0.15) is 6.04 Å². The first kappa shape index (κ1) is 19.1. The van der Waals surface area contributed by atoms with Crippen LogP contribution in [-0.2, 0) is 11.3 Å². The van der Waals surface area contributed by atoms with Gasteiger partial charge in [-0.25, -0.2) is 5.84 Å². The number of nitrogens with two attached hydrogens (primary N) is 2. The van der Waals surface area contributed by atoms with Crippen molar-refractivity contribution in [3.63, 3.8) is 0 Å². The van der Waals surface area contributed by atoms with Gasteiger partial charge >= 0.3 is 0 Å². The van der Waals surface area contributed by atoms with Crippen LogP contribution in [0.15, 0.2) is 65.5 Å². The van der Waals surface area contributed by atoms with Gasteiger partial charge in [-0.15, -0.1) is 0 Å². The van der Waals surface area contributed by atoms with Crippen LogP contribution in [0.4, 0.5) is 0 Å². The highest BCUT2D eigenvalue weighted by Crippen LogP contribution is 2.04. The van der Waals surface area contributed by atoms with Gasteiger partial charge in [-0.1, -0.05) is 30.3 Å². The number of carbonyl (C=O) groups excluding carboxylic acids is 2. The van der Waals surface area contributed by atoms with E-state index in [0.717, 1.165) is 5.56 Å². The largest absolute Gasteiger partial charge is 0.459 e. The van der Waals surface area contributed by atoms with Crippen molar-refractivity contribution in [1.29, 1.82) is 0 Å². The molecule has 2 rings (SSSR count). The van der Waals surface area contributed by atoms with Gasteiger partial charge in [0.2, 0.25) is 5.91 Å². The molecule has 1 aromatic carbocycles. The Hall–Kier alpha value is -3.26. The first-order valence-corrected chi connectivity index (χ1v) is 8.16. The van der Waals surface area contributed by atoms with Crippen molar-refractivity contribution in [1.82, 2.24) is 15.6 Å². The van der Waals surface area contributed by atoms with E-state index in [1.54, 1.807) is 6.07 Å². The minimum absolute atomic E-state index is 0.136. The van der Waals surface area contributed by atoms with Crippen molar-refractivity contribution in [3.05, 3.63) is 72.5 Å². The number of hydrogen-bond donors (Lipinski definition) is 4. The molecule has 0 bridgehead atoms. The summed E-state index contributed by atoms with van der Waals surface area (Å²) in [6.07, 6.45) is 4.47. The summed E-state index contributed by atoms with van der Waals surface area (Å²) in [5, 5.41) is 6.83. The predicted octanol–water partition coefficient (Wildman–Crippen LogP) is 0.690. The molecule has 0 saturated carbocycles. The number of benzene rings is 1. The van der Waals surface area contributed by atoms with Crippen LogP contribution in [0.3, 0.4) is 0 Å². The summed E-state index contributed by atoms with van der Waals surface area (Å²) < 4.78 is 5.06. The molecule has 1 heterocycles. The second-order valence-corrected chi connectivity index (χ2v) is 5.57. The fraction of sp³-hybridized carbons (Fsp3) is 0.222. The van der Waals surface area contributed by atoms with Crippen LogP contribution in [0.5, 0.6) is 0 Å². The van der Waals surface area contributed by atoms with Crippen LogP contribution in [0.1, 0.15) is 22.5 Å². The van der Waals surface area contributed by atoms with Gasteiger partial charge in [0.15, 0.2) is 5.76 Å². The minimum Gasteiger partial charge on any atom is -0.459 e. The van der Waals surface area contributed by atoms with Crippen molar-refractivity contribution in [2.24, 2.45) is 11.6 Å². The van der Waals surface area contributed by atoms with Crippen molar-refractivity contribution < 1.29 is 14.0 Å². The molecule has 0 unspecified atom stereocenters. The fourth-order valence-corrected chi connectivity index (χ4v) is 2.28. The van der Waals surface area contributed by atoms with E-state index in [1.165, 1.54) is 29.7 Å².